The molecule has 2 N–H and O–H groups in total. The molecule has 136 valence electrons. The molecule has 0 saturated heterocycles. The van der Waals surface area contributed by atoms with E-state index in [2.05, 4.69) is 39.9 Å². The van der Waals surface area contributed by atoms with Gasteiger partial charge in [-0.3, -0.25) is 0 Å². The van der Waals surface area contributed by atoms with Gasteiger partial charge in [0.15, 0.2) is 8.32 Å². The monoisotopic (exact) mass is 349 g/mol. The van der Waals surface area contributed by atoms with Gasteiger partial charge in [-0.2, -0.15) is 0 Å². The van der Waals surface area contributed by atoms with Gasteiger partial charge in [0.1, 0.15) is 5.75 Å². The molecule has 2 rings (SSSR count). The van der Waals surface area contributed by atoms with Crippen molar-refractivity contribution in [2.75, 3.05) is 12.8 Å². The first-order chi connectivity index (χ1) is 11.1. The minimum atomic E-state index is -1.64. The van der Waals surface area contributed by atoms with Gasteiger partial charge in [0.25, 0.3) is 0 Å². The second-order valence-electron chi connectivity index (χ2n) is 8.79. The molecule has 24 heavy (non-hydrogen) atoms. The Morgan fingerprint density at radius 2 is 1.75 bits per heavy atom. The Morgan fingerprint density at radius 1 is 1.12 bits per heavy atom. The van der Waals surface area contributed by atoms with E-state index in [4.69, 9.17) is 14.9 Å². The third-order valence-electron chi connectivity index (χ3n) is 5.92. The minimum absolute atomic E-state index is 0.293. The molecule has 1 saturated carbocycles. The minimum Gasteiger partial charge on any atom is -0.497 e. The highest BCUT2D eigenvalue weighted by atomic mass is 28.4. The van der Waals surface area contributed by atoms with E-state index in [0.29, 0.717) is 11.1 Å². The quantitative estimate of drug-likeness (QED) is 0.572. The number of hydrogen-bond acceptors (Lipinski definition) is 3. The molecular weight excluding hydrogens is 314 g/mol. The summed E-state index contributed by atoms with van der Waals surface area (Å²) in [6, 6.07) is 6.06. The number of hydrogen-bond donors (Lipinski definition) is 1. The van der Waals surface area contributed by atoms with Crippen LogP contribution in [0.1, 0.15) is 52.0 Å². The van der Waals surface area contributed by atoms with E-state index < -0.39 is 8.32 Å². The topological polar surface area (TPSA) is 44.5 Å². The Bertz CT molecular complexity index is 543. The Morgan fingerprint density at radius 3 is 2.25 bits per heavy atom. The lowest BCUT2D eigenvalue weighted by Gasteiger charge is -2.41. The van der Waals surface area contributed by atoms with Gasteiger partial charge in [0.2, 0.25) is 0 Å². The van der Waals surface area contributed by atoms with Crippen molar-refractivity contribution >= 4 is 14.0 Å². The highest BCUT2D eigenvalue weighted by molar-refractivity contribution is 6.74. The van der Waals surface area contributed by atoms with E-state index >= 15 is 0 Å². The molecule has 1 aliphatic rings. The fraction of sp³-hybridized carbons (Fsp3) is 0.700. The summed E-state index contributed by atoms with van der Waals surface area (Å²) in [5.74, 6) is 1.56. The van der Waals surface area contributed by atoms with Gasteiger partial charge in [0, 0.05) is 17.9 Å². The maximum atomic E-state index is 6.59. The van der Waals surface area contributed by atoms with E-state index in [1.165, 1.54) is 31.2 Å². The van der Waals surface area contributed by atoms with Crippen molar-refractivity contribution in [1.82, 2.24) is 0 Å². The first-order valence-corrected chi connectivity index (χ1v) is 12.1. The second kappa shape index (κ2) is 7.48. The van der Waals surface area contributed by atoms with E-state index in [1.54, 1.807) is 7.11 Å². The van der Waals surface area contributed by atoms with Crippen LogP contribution in [-0.4, -0.2) is 21.5 Å². The average molecular weight is 350 g/mol. The molecule has 0 amide bonds. The molecule has 0 radical (unpaired) electrons. The van der Waals surface area contributed by atoms with Gasteiger partial charge >= 0.3 is 0 Å². The molecule has 0 atom stereocenters. The van der Waals surface area contributed by atoms with Crippen LogP contribution in [0.15, 0.2) is 18.2 Å². The summed E-state index contributed by atoms with van der Waals surface area (Å²) in [5.41, 5.74) is 8.28. The van der Waals surface area contributed by atoms with Crippen molar-refractivity contribution in [3.8, 4) is 5.75 Å². The SMILES string of the molecule is COc1ccc(CC2CCC(O[Si](C)(C)C(C)(C)C)CC2)c(N)c1. The van der Waals surface area contributed by atoms with Crippen LogP contribution in [0.5, 0.6) is 5.75 Å². The third kappa shape index (κ3) is 4.76. The predicted octanol–water partition coefficient (Wildman–Crippen LogP) is 5.40. The molecule has 1 aliphatic carbocycles. The van der Waals surface area contributed by atoms with Crippen LogP contribution in [-0.2, 0) is 10.8 Å². The van der Waals surface area contributed by atoms with Crippen molar-refractivity contribution in [3.63, 3.8) is 0 Å². The highest BCUT2D eigenvalue weighted by Gasteiger charge is 2.39. The van der Waals surface area contributed by atoms with Crippen LogP contribution in [0.25, 0.3) is 0 Å². The normalized spacial score (nSPS) is 22.4. The predicted molar refractivity (Wildman–Crippen MR) is 105 cm³/mol. The molecule has 0 bridgehead atoms. The molecular formula is C20H35NO2Si. The van der Waals surface area contributed by atoms with Crippen LogP contribution in [0.2, 0.25) is 18.1 Å². The van der Waals surface area contributed by atoms with Gasteiger partial charge in [-0.05, 0) is 67.8 Å². The van der Waals surface area contributed by atoms with Crippen LogP contribution >= 0.6 is 0 Å². The molecule has 1 aromatic rings. The zero-order chi connectivity index (χ0) is 18.0. The lowest BCUT2D eigenvalue weighted by molar-refractivity contribution is 0.116. The van der Waals surface area contributed by atoms with E-state index in [-0.39, 0.29) is 0 Å². The molecule has 0 unspecified atom stereocenters. The Balaban J connectivity index is 1.87. The zero-order valence-electron chi connectivity index (χ0n) is 16.3. The van der Waals surface area contributed by atoms with E-state index in [9.17, 15) is 0 Å². The van der Waals surface area contributed by atoms with Gasteiger partial charge in [-0.25, -0.2) is 0 Å². The summed E-state index contributed by atoms with van der Waals surface area (Å²) in [6.07, 6.45) is 6.38. The maximum Gasteiger partial charge on any atom is 0.192 e. The van der Waals surface area contributed by atoms with Crippen molar-refractivity contribution in [2.45, 2.75) is 77.1 Å². The Hall–Kier alpha value is -1.00. The summed E-state index contributed by atoms with van der Waals surface area (Å²) in [7, 11) is 0.0369. The van der Waals surface area contributed by atoms with Gasteiger partial charge in [-0.15, -0.1) is 0 Å². The standard InChI is InChI=1S/C20H35NO2Si/c1-20(2,3)24(5,6)23-17-10-7-15(8-11-17)13-16-9-12-18(22-4)14-19(16)21/h9,12,14-15,17H,7-8,10-11,13,21H2,1-6H3. The number of nitrogens with two attached hydrogens (primary N) is 1. The summed E-state index contributed by atoms with van der Waals surface area (Å²) in [4.78, 5) is 0. The Labute approximate surface area is 149 Å². The lowest BCUT2D eigenvalue weighted by atomic mass is 9.83. The summed E-state index contributed by atoms with van der Waals surface area (Å²) in [5, 5.41) is 0.293. The first kappa shape index (κ1) is 19.3. The van der Waals surface area contributed by atoms with Gasteiger partial charge in [0.05, 0.1) is 7.11 Å². The van der Waals surface area contributed by atoms with E-state index in [1.807, 2.05) is 12.1 Å². The van der Waals surface area contributed by atoms with Crippen molar-refractivity contribution in [3.05, 3.63) is 23.8 Å². The van der Waals surface area contributed by atoms with Gasteiger partial charge in [-0.1, -0.05) is 26.8 Å². The second-order valence-corrected chi connectivity index (χ2v) is 13.5. The number of anilines is 1. The molecule has 4 heteroatoms. The molecule has 3 nitrogen and oxygen atoms in total. The third-order valence-corrected chi connectivity index (χ3v) is 10.5. The molecule has 1 aromatic carbocycles. The molecule has 1 fully saturated rings. The van der Waals surface area contributed by atoms with Crippen molar-refractivity contribution in [2.24, 2.45) is 5.92 Å². The first-order valence-electron chi connectivity index (χ1n) is 9.22. The molecule has 0 aliphatic heterocycles. The molecule has 0 spiro atoms. The number of nitrogen functional groups attached to an aromatic ring is 1. The smallest absolute Gasteiger partial charge is 0.192 e. The summed E-state index contributed by atoms with van der Waals surface area (Å²) in [6.45, 7) is 11.7. The zero-order valence-corrected chi connectivity index (χ0v) is 17.3. The molecule has 0 aromatic heterocycles. The maximum absolute atomic E-state index is 6.59. The Kier molecular flexibility index (Phi) is 6.03. The van der Waals surface area contributed by atoms with E-state index in [0.717, 1.165) is 23.8 Å². The fourth-order valence-corrected chi connectivity index (χ4v) is 4.67. The number of ether oxygens (including phenoxy) is 1. The number of rotatable bonds is 5. The summed E-state index contributed by atoms with van der Waals surface area (Å²) < 4.78 is 11.8. The number of benzene rings is 1. The largest absolute Gasteiger partial charge is 0.497 e. The van der Waals surface area contributed by atoms with Crippen LogP contribution in [0.3, 0.4) is 0 Å². The number of methoxy groups -OCH3 is 1. The average Bonchev–Trinajstić information content (AvgIpc) is 2.49. The lowest BCUT2D eigenvalue weighted by Crippen LogP contribution is -2.44. The highest BCUT2D eigenvalue weighted by Crippen LogP contribution is 2.40. The van der Waals surface area contributed by atoms with Crippen LogP contribution < -0.4 is 10.5 Å². The van der Waals surface area contributed by atoms with Crippen LogP contribution in [0.4, 0.5) is 5.69 Å². The van der Waals surface area contributed by atoms with Crippen molar-refractivity contribution in [1.29, 1.82) is 0 Å². The van der Waals surface area contributed by atoms with Crippen LogP contribution in [0, 0.1) is 5.92 Å². The fourth-order valence-electron chi connectivity index (χ4n) is 3.24. The molecule has 0 heterocycles. The van der Waals surface area contributed by atoms with Crippen molar-refractivity contribution < 1.29 is 9.16 Å². The van der Waals surface area contributed by atoms with Gasteiger partial charge < -0.3 is 14.9 Å². The summed E-state index contributed by atoms with van der Waals surface area (Å²) >= 11 is 0.